The number of nitrogens with zero attached hydrogens (tertiary/aromatic N) is 1. The minimum absolute atomic E-state index is 0.767. The van der Waals surface area contributed by atoms with Crippen LogP contribution in [0, 0.1) is 0 Å². The second-order valence-corrected chi connectivity index (χ2v) is 5.41. The molecule has 0 bridgehead atoms. The first kappa shape index (κ1) is 14.1. The van der Waals surface area contributed by atoms with Crippen molar-refractivity contribution in [3.05, 3.63) is 65.4 Å². The van der Waals surface area contributed by atoms with Gasteiger partial charge in [0.1, 0.15) is 0 Å². The van der Waals surface area contributed by atoms with E-state index in [0.29, 0.717) is 0 Å². The van der Waals surface area contributed by atoms with E-state index >= 15 is 0 Å². The fourth-order valence-electron chi connectivity index (χ4n) is 2.49. The second kappa shape index (κ2) is 6.25. The lowest BCUT2D eigenvalue weighted by molar-refractivity contribution is 0.727. The molecule has 0 radical (unpaired) electrons. The first-order chi connectivity index (χ1) is 10.3. The number of rotatable bonds is 4. The predicted octanol–water partition coefficient (Wildman–Crippen LogP) is 4.66. The molecule has 21 heavy (non-hydrogen) atoms. The minimum atomic E-state index is 0.767. The van der Waals surface area contributed by atoms with Crippen LogP contribution in [0.5, 0.6) is 0 Å². The molecule has 3 aromatic rings. The highest BCUT2D eigenvalue weighted by molar-refractivity contribution is 6.33. The van der Waals surface area contributed by atoms with E-state index in [-0.39, 0.29) is 0 Å². The number of aromatic nitrogens is 1. The number of pyridine rings is 1. The molecule has 0 unspecified atom stereocenters. The number of benzene rings is 2. The first-order valence-corrected chi connectivity index (χ1v) is 7.49. The van der Waals surface area contributed by atoms with E-state index < -0.39 is 0 Å². The summed E-state index contributed by atoms with van der Waals surface area (Å²) in [4.78, 5) is 4.33. The van der Waals surface area contributed by atoms with Crippen LogP contribution in [0.4, 0.5) is 0 Å². The van der Waals surface area contributed by atoms with Crippen LogP contribution in [-0.4, -0.2) is 11.5 Å². The van der Waals surface area contributed by atoms with Gasteiger partial charge in [0, 0.05) is 40.5 Å². The molecule has 1 N–H and O–H groups in total. The van der Waals surface area contributed by atoms with E-state index in [1.165, 1.54) is 10.9 Å². The molecule has 0 saturated carbocycles. The Morgan fingerprint density at radius 2 is 1.90 bits per heavy atom. The van der Waals surface area contributed by atoms with Gasteiger partial charge in [-0.25, -0.2) is 0 Å². The summed E-state index contributed by atoms with van der Waals surface area (Å²) in [6.07, 6.45) is 3.76. The third-order valence-corrected chi connectivity index (χ3v) is 3.88. The highest BCUT2D eigenvalue weighted by Crippen LogP contribution is 2.33. The molecule has 0 atom stereocenters. The molecule has 106 valence electrons. The molecular formula is C18H17ClN2. The summed E-state index contributed by atoms with van der Waals surface area (Å²) in [6, 6.07) is 14.5. The topological polar surface area (TPSA) is 24.9 Å². The SMILES string of the molecule is CCNCc1ccc(-c2cncc3ccccc23)c(Cl)c1. The van der Waals surface area contributed by atoms with Crippen LogP contribution < -0.4 is 5.32 Å². The van der Waals surface area contributed by atoms with E-state index in [4.69, 9.17) is 11.6 Å². The van der Waals surface area contributed by atoms with Crippen LogP contribution in [0.3, 0.4) is 0 Å². The molecule has 3 heteroatoms. The van der Waals surface area contributed by atoms with Gasteiger partial charge in [-0.2, -0.15) is 0 Å². The van der Waals surface area contributed by atoms with Crippen molar-refractivity contribution in [1.82, 2.24) is 10.3 Å². The number of hydrogen-bond acceptors (Lipinski definition) is 2. The summed E-state index contributed by atoms with van der Waals surface area (Å²) in [6.45, 7) is 3.88. The van der Waals surface area contributed by atoms with Crippen LogP contribution in [0.25, 0.3) is 21.9 Å². The van der Waals surface area contributed by atoms with Gasteiger partial charge in [0.2, 0.25) is 0 Å². The lowest BCUT2D eigenvalue weighted by Crippen LogP contribution is -2.11. The number of nitrogens with one attached hydrogen (secondary N) is 1. The maximum Gasteiger partial charge on any atom is 0.0488 e. The van der Waals surface area contributed by atoms with Crippen molar-refractivity contribution in [2.75, 3.05) is 6.54 Å². The van der Waals surface area contributed by atoms with Gasteiger partial charge in [0.15, 0.2) is 0 Å². The molecule has 1 aromatic heterocycles. The molecule has 0 aliphatic rings. The average Bonchev–Trinajstić information content (AvgIpc) is 2.53. The van der Waals surface area contributed by atoms with E-state index in [2.05, 4.69) is 41.5 Å². The lowest BCUT2D eigenvalue weighted by atomic mass is 10.00. The number of hydrogen-bond donors (Lipinski definition) is 1. The summed E-state index contributed by atoms with van der Waals surface area (Å²) in [5, 5.41) is 6.38. The summed E-state index contributed by atoms with van der Waals surface area (Å²) >= 11 is 6.49. The summed E-state index contributed by atoms with van der Waals surface area (Å²) in [7, 11) is 0. The van der Waals surface area contributed by atoms with Gasteiger partial charge >= 0.3 is 0 Å². The van der Waals surface area contributed by atoms with E-state index in [9.17, 15) is 0 Å². The number of halogens is 1. The van der Waals surface area contributed by atoms with Crippen molar-refractivity contribution in [2.45, 2.75) is 13.5 Å². The van der Waals surface area contributed by atoms with Gasteiger partial charge in [-0.15, -0.1) is 0 Å². The maximum atomic E-state index is 6.49. The summed E-state index contributed by atoms with van der Waals surface area (Å²) < 4.78 is 0. The zero-order chi connectivity index (χ0) is 14.7. The fourth-order valence-corrected chi connectivity index (χ4v) is 2.79. The molecule has 0 aliphatic carbocycles. The molecule has 1 heterocycles. The summed E-state index contributed by atoms with van der Waals surface area (Å²) in [5.41, 5.74) is 3.30. The first-order valence-electron chi connectivity index (χ1n) is 7.12. The fraction of sp³-hybridized carbons (Fsp3) is 0.167. The standard InChI is InChI=1S/C18H17ClN2/c1-2-20-10-13-7-8-16(18(19)9-13)17-12-21-11-14-5-3-4-6-15(14)17/h3-9,11-12,20H,2,10H2,1H3. The molecule has 2 aromatic carbocycles. The maximum absolute atomic E-state index is 6.49. The molecule has 3 rings (SSSR count). The highest BCUT2D eigenvalue weighted by Gasteiger charge is 2.08. The van der Waals surface area contributed by atoms with Crippen molar-refractivity contribution in [3.63, 3.8) is 0 Å². The molecule has 0 spiro atoms. The van der Waals surface area contributed by atoms with E-state index in [1.807, 2.05) is 30.6 Å². The molecule has 0 fully saturated rings. The Bertz CT molecular complexity index is 763. The van der Waals surface area contributed by atoms with Crippen molar-refractivity contribution in [3.8, 4) is 11.1 Å². The average molecular weight is 297 g/mol. The van der Waals surface area contributed by atoms with Crippen LogP contribution in [-0.2, 0) is 6.54 Å². The zero-order valence-corrected chi connectivity index (χ0v) is 12.7. The van der Waals surface area contributed by atoms with E-state index in [1.54, 1.807) is 0 Å². The Kier molecular flexibility index (Phi) is 4.18. The van der Waals surface area contributed by atoms with E-state index in [0.717, 1.165) is 34.6 Å². The second-order valence-electron chi connectivity index (χ2n) is 5.00. The molecule has 0 saturated heterocycles. The third kappa shape index (κ3) is 2.92. The molecule has 0 amide bonds. The van der Waals surface area contributed by atoms with Gasteiger partial charge in [0.25, 0.3) is 0 Å². The monoisotopic (exact) mass is 296 g/mol. The van der Waals surface area contributed by atoms with Crippen LogP contribution >= 0.6 is 11.6 Å². The van der Waals surface area contributed by atoms with Gasteiger partial charge in [-0.1, -0.05) is 54.9 Å². The van der Waals surface area contributed by atoms with Gasteiger partial charge in [-0.3, -0.25) is 4.98 Å². The Morgan fingerprint density at radius 1 is 1.05 bits per heavy atom. The Morgan fingerprint density at radius 3 is 2.71 bits per heavy atom. The van der Waals surface area contributed by atoms with Crippen molar-refractivity contribution in [2.24, 2.45) is 0 Å². The highest BCUT2D eigenvalue weighted by atomic mass is 35.5. The smallest absolute Gasteiger partial charge is 0.0488 e. The molecule has 2 nitrogen and oxygen atoms in total. The largest absolute Gasteiger partial charge is 0.313 e. The van der Waals surface area contributed by atoms with Crippen molar-refractivity contribution >= 4 is 22.4 Å². The quantitative estimate of drug-likeness (QED) is 0.757. The normalized spacial score (nSPS) is 11.0. The third-order valence-electron chi connectivity index (χ3n) is 3.57. The van der Waals surface area contributed by atoms with Crippen LogP contribution in [0.15, 0.2) is 54.9 Å². The summed E-state index contributed by atoms with van der Waals surface area (Å²) in [5.74, 6) is 0. The Hall–Kier alpha value is -1.90. The lowest BCUT2D eigenvalue weighted by Gasteiger charge is -2.10. The van der Waals surface area contributed by atoms with Crippen LogP contribution in [0.1, 0.15) is 12.5 Å². The van der Waals surface area contributed by atoms with Gasteiger partial charge in [-0.05, 0) is 23.6 Å². The van der Waals surface area contributed by atoms with Crippen molar-refractivity contribution < 1.29 is 0 Å². The van der Waals surface area contributed by atoms with Crippen molar-refractivity contribution in [1.29, 1.82) is 0 Å². The van der Waals surface area contributed by atoms with Gasteiger partial charge in [0.05, 0.1) is 0 Å². The Labute approximate surface area is 129 Å². The molecule has 0 aliphatic heterocycles. The predicted molar refractivity (Wildman–Crippen MR) is 89.6 cm³/mol. The van der Waals surface area contributed by atoms with Gasteiger partial charge < -0.3 is 5.32 Å². The minimum Gasteiger partial charge on any atom is -0.313 e. The van der Waals surface area contributed by atoms with Crippen LogP contribution in [0.2, 0.25) is 5.02 Å². The zero-order valence-electron chi connectivity index (χ0n) is 11.9. The number of fused-ring (bicyclic) bond motifs is 1. The molecular weight excluding hydrogens is 280 g/mol. The Balaban J connectivity index is 2.06.